The Hall–Kier alpha value is -0.490. The number of nitrogens with one attached hydrogen (secondary N) is 1. The Morgan fingerprint density at radius 3 is 3.18 bits per heavy atom. The molecule has 0 aromatic carbocycles. The molecule has 4 nitrogen and oxygen atoms in total. The van der Waals surface area contributed by atoms with Crippen molar-refractivity contribution in [2.75, 3.05) is 33.3 Å². The summed E-state index contributed by atoms with van der Waals surface area (Å²) in [7, 11) is 1.97. The number of thiazole rings is 1. The Labute approximate surface area is 107 Å². The molecular weight excluding hydrogens is 234 g/mol. The SMILES string of the molecule is CCCN1CCOC(CNC)C1c1nccs1. The van der Waals surface area contributed by atoms with E-state index in [-0.39, 0.29) is 6.10 Å². The van der Waals surface area contributed by atoms with E-state index in [9.17, 15) is 0 Å². The number of morpholine rings is 1. The Bertz CT molecular complexity index is 300. The zero-order valence-electron chi connectivity index (χ0n) is 10.6. The van der Waals surface area contributed by atoms with Crippen molar-refractivity contribution in [2.45, 2.75) is 25.5 Å². The van der Waals surface area contributed by atoms with E-state index in [0.717, 1.165) is 26.2 Å². The molecule has 2 heterocycles. The molecule has 17 heavy (non-hydrogen) atoms. The lowest BCUT2D eigenvalue weighted by Gasteiger charge is -2.40. The minimum atomic E-state index is 0.214. The van der Waals surface area contributed by atoms with Gasteiger partial charge in [0.15, 0.2) is 0 Å². The largest absolute Gasteiger partial charge is 0.373 e. The standard InChI is InChI=1S/C12H21N3OS/c1-3-5-15-6-7-16-10(9-13-2)11(15)12-14-4-8-17-12/h4,8,10-11,13H,3,5-7,9H2,1-2H3. The second-order valence-corrected chi connectivity index (χ2v) is 5.24. The fourth-order valence-electron chi connectivity index (χ4n) is 2.39. The van der Waals surface area contributed by atoms with Crippen molar-refractivity contribution in [3.05, 3.63) is 16.6 Å². The topological polar surface area (TPSA) is 37.4 Å². The summed E-state index contributed by atoms with van der Waals surface area (Å²) in [5.74, 6) is 0. The van der Waals surface area contributed by atoms with Crippen molar-refractivity contribution in [3.63, 3.8) is 0 Å². The summed E-state index contributed by atoms with van der Waals surface area (Å²) in [6.07, 6.45) is 3.27. The zero-order chi connectivity index (χ0) is 12.1. The fourth-order valence-corrected chi connectivity index (χ4v) is 3.22. The highest BCUT2D eigenvalue weighted by molar-refractivity contribution is 7.09. The van der Waals surface area contributed by atoms with Gasteiger partial charge in [-0.05, 0) is 20.0 Å². The van der Waals surface area contributed by atoms with Crippen LogP contribution in [0.5, 0.6) is 0 Å². The maximum absolute atomic E-state index is 5.89. The molecule has 1 aliphatic rings. The lowest BCUT2D eigenvalue weighted by atomic mass is 10.1. The van der Waals surface area contributed by atoms with Crippen LogP contribution in [-0.4, -0.2) is 49.3 Å². The van der Waals surface area contributed by atoms with E-state index in [2.05, 4.69) is 22.1 Å². The lowest BCUT2D eigenvalue weighted by Crippen LogP contribution is -2.48. The number of nitrogens with zero attached hydrogens (tertiary/aromatic N) is 2. The van der Waals surface area contributed by atoms with Crippen molar-refractivity contribution in [3.8, 4) is 0 Å². The van der Waals surface area contributed by atoms with Crippen molar-refractivity contribution in [2.24, 2.45) is 0 Å². The third kappa shape index (κ3) is 3.04. The van der Waals surface area contributed by atoms with Gasteiger partial charge in [0.2, 0.25) is 0 Å². The summed E-state index contributed by atoms with van der Waals surface area (Å²) in [4.78, 5) is 6.98. The van der Waals surface area contributed by atoms with Gasteiger partial charge in [0.1, 0.15) is 5.01 Å². The van der Waals surface area contributed by atoms with Gasteiger partial charge in [-0.2, -0.15) is 0 Å². The van der Waals surface area contributed by atoms with Crippen LogP contribution < -0.4 is 5.32 Å². The van der Waals surface area contributed by atoms with Gasteiger partial charge in [0.25, 0.3) is 0 Å². The average Bonchev–Trinajstić information content (AvgIpc) is 2.84. The molecule has 1 fully saturated rings. The molecule has 0 bridgehead atoms. The summed E-state index contributed by atoms with van der Waals surface area (Å²) in [5, 5.41) is 6.44. The molecule has 0 radical (unpaired) electrons. The molecule has 96 valence electrons. The Balaban J connectivity index is 2.15. The summed E-state index contributed by atoms with van der Waals surface area (Å²) in [5.41, 5.74) is 0. The molecule has 1 aromatic heterocycles. The van der Waals surface area contributed by atoms with Gasteiger partial charge in [0, 0.05) is 24.7 Å². The second-order valence-electron chi connectivity index (χ2n) is 4.32. The van der Waals surface area contributed by atoms with Crippen LogP contribution in [-0.2, 0) is 4.74 Å². The number of aromatic nitrogens is 1. The van der Waals surface area contributed by atoms with Gasteiger partial charge in [-0.15, -0.1) is 11.3 Å². The van der Waals surface area contributed by atoms with E-state index >= 15 is 0 Å². The summed E-state index contributed by atoms with van der Waals surface area (Å²) in [6.45, 7) is 6.06. The van der Waals surface area contributed by atoms with Crippen LogP contribution in [0.2, 0.25) is 0 Å². The molecule has 0 spiro atoms. The lowest BCUT2D eigenvalue weighted by molar-refractivity contribution is -0.0704. The van der Waals surface area contributed by atoms with Crippen LogP contribution in [0.3, 0.4) is 0 Å². The van der Waals surface area contributed by atoms with E-state index in [4.69, 9.17) is 4.74 Å². The van der Waals surface area contributed by atoms with Crippen molar-refractivity contribution in [1.82, 2.24) is 15.2 Å². The first-order valence-electron chi connectivity index (χ1n) is 6.26. The van der Waals surface area contributed by atoms with Crippen LogP contribution in [0.25, 0.3) is 0 Å². The van der Waals surface area contributed by atoms with Crippen LogP contribution in [0.1, 0.15) is 24.4 Å². The molecule has 0 saturated carbocycles. The van der Waals surface area contributed by atoms with Gasteiger partial charge in [0.05, 0.1) is 18.8 Å². The molecule has 0 amide bonds. The predicted molar refractivity (Wildman–Crippen MR) is 70.4 cm³/mol. The first kappa shape index (κ1) is 13.0. The van der Waals surface area contributed by atoms with E-state index in [1.165, 1.54) is 11.4 Å². The summed E-state index contributed by atoms with van der Waals surface area (Å²) < 4.78 is 5.89. The van der Waals surface area contributed by atoms with Gasteiger partial charge < -0.3 is 10.1 Å². The normalized spacial score (nSPS) is 26.2. The van der Waals surface area contributed by atoms with Crippen molar-refractivity contribution in [1.29, 1.82) is 0 Å². The first-order valence-corrected chi connectivity index (χ1v) is 7.14. The highest BCUT2D eigenvalue weighted by Crippen LogP contribution is 2.30. The first-order chi connectivity index (χ1) is 8.36. The minimum absolute atomic E-state index is 0.214. The van der Waals surface area contributed by atoms with Crippen molar-refractivity contribution < 1.29 is 4.74 Å². The van der Waals surface area contributed by atoms with Crippen LogP contribution in [0, 0.1) is 0 Å². The van der Waals surface area contributed by atoms with E-state index in [1.54, 1.807) is 11.3 Å². The number of likely N-dealkylation sites (N-methyl/N-ethyl adjacent to an activating group) is 1. The molecule has 1 aromatic rings. The van der Waals surface area contributed by atoms with Gasteiger partial charge in [-0.3, -0.25) is 4.90 Å². The highest BCUT2D eigenvalue weighted by atomic mass is 32.1. The molecule has 0 aliphatic carbocycles. The maximum atomic E-state index is 5.89. The number of hydrogen-bond donors (Lipinski definition) is 1. The molecule has 1 aliphatic heterocycles. The quantitative estimate of drug-likeness (QED) is 0.865. The maximum Gasteiger partial charge on any atom is 0.112 e. The summed E-state index contributed by atoms with van der Waals surface area (Å²) in [6, 6.07) is 0.316. The Kier molecular flexibility index (Phi) is 4.91. The molecule has 2 rings (SSSR count). The average molecular weight is 255 g/mol. The molecule has 1 saturated heterocycles. The monoisotopic (exact) mass is 255 g/mol. The number of ether oxygens (including phenoxy) is 1. The third-order valence-corrected chi connectivity index (χ3v) is 3.92. The Morgan fingerprint density at radius 2 is 2.53 bits per heavy atom. The fraction of sp³-hybridized carbons (Fsp3) is 0.750. The minimum Gasteiger partial charge on any atom is -0.373 e. The predicted octanol–water partition coefficient (Wildman–Crippen LogP) is 1.51. The molecule has 1 N–H and O–H groups in total. The van der Waals surface area contributed by atoms with Gasteiger partial charge in [-0.25, -0.2) is 4.98 Å². The highest BCUT2D eigenvalue weighted by Gasteiger charge is 2.34. The van der Waals surface area contributed by atoms with E-state index in [0.29, 0.717) is 6.04 Å². The second kappa shape index (κ2) is 6.44. The smallest absolute Gasteiger partial charge is 0.112 e. The van der Waals surface area contributed by atoms with Crippen LogP contribution in [0.15, 0.2) is 11.6 Å². The van der Waals surface area contributed by atoms with Crippen LogP contribution in [0.4, 0.5) is 0 Å². The van der Waals surface area contributed by atoms with Crippen molar-refractivity contribution >= 4 is 11.3 Å². The number of rotatable bonds is 5. The number of hydrogen-bond acceptors (Lipinski definition) is 5. The Morgan fingerprint density at radius 1 is 1.65 bits per heavy atom. The van der Waals surface area contributed by atoms with E-state index < -0.39 is 0 Å². The zero-order valence-corrected chi connectivity index (χ0v) is 11.4. The molecule has 2 atom stereocenters. The van der Waals surface area contributed by atoms with Gasteiger partial charge in [-0.1, -0.05) is 6.92 Å². The van der Waals surface area contributed by atoms with Gasteiger partial charge >= 0.3 is 0 Å². The molecular formula is C12H21N3OS. The summed E-state index contributed by atoms with van der Waals surface area (Å²) >= 11 is 1.73. The molecule has 2 unspecified atom stereocenters. The molecule has 5 heteroatoms. The third-order valence-electron chi connectivity index (χ3n) is 3.08. The van der Waals surface area contributed by atoms with E-state index in [1.807, 2.05) is 18.6 Å². The van der Waals surface area contributed by atoms with Crippen LogP contribution >= 0.6 is 11.3 Å².